The molecule has 0 radical (unpaired) electrons. The Morgan fingerprint density at radius 2 is 0.471 bits per heavy atom. The summed E-state index contributed by atoms with van der Waals surface area (Å²) in [4.78, 5) is 32.1. The molecule has 0 spiro atoms. The van der Waals surface area contributed by atoms with Crippen LogP contribution in [0.25, 0.3) is 194 Å². The van der Waals surface area contributed by atoms with Gasteiger partial charge in [-0.05, 0) is 146 Å². The average Bonchev–Trinajstić information content (AvgIpc) is 1.54. The SMILES string of the molecule is O=c1cc(-c2nc(-c3ccccc3)nc(-c3ccccc3)n2)c2c(-n3c4ccc(-c5ccccc5)cc4c4cc(-c5ccccc5)ccc43)cc(-n3c4ccc(-c5ccccc5)cc4c4cc(-c5ccccc5)ccc43)c(-n3c4ccc(-c5ccccc5)cc4c4cc(-c5ccccc5)ccc43)c2o1. The van der Waals surface area contributed by atoms with E-state index in [4.69, 9.17) is 19.4 Å². The highest BCUT2D eigenvalue weighted by Gasteiger charge is 2.31. The number of nitrogens with zero attached hydrogens (tertiary/aromatic N) is 6. The lowest BCUT2D eigenvalue weighted by molar-refractivity contribution is 0.559. The van der Waals surface area contributed by atoms with Crippen molar-refractivity contribution >= 4 is 76.4 Å². The van der Waals surface area contributed by atoms with Crippen molar-refractivity contribution in [2.75, 3.05) is 0 Å². The Bertz CT molecular complexity index is 6470. The molecule has 0 unspecified atom stereocenters. The van der Waals surface area contributed by atoms with E-state index in [1.807, 2.05) is 60.7 Å². The molecule has 0 aliphatic carbocycles. The molecule has 5 aromatic heterocycles. The molecule has 0 saturated carbocycles. The predicted molar refractivity (Wildman–Crippen MR) is 428 cm³/mol. The van der Waals surface area contributed by atoms with Gasteiger partial charge in [-0.15, -0.1) is 0 Å². The van der Waals surface area contributed by atoms with Gasteiger partial charge < -0.3 is 18.1 Å². The molecule has 8 heteroatoms. The number of rotatable bonds is 12. The lowest BCUT2D eigenvalue weighted by atomic mass is 10.0. The van der Waals surface area contributed by atoms with Crippen LogP contribution in [0.15, 0.2) is 373 Å². The van der Waals surface area contributed by atoms with Crippen molar-refractivity contribution in [3.8, 4) is 118 Å². The Hall–Kier alpha value is -14.1. The maximum absolute atomic E-state index is 15.9. The Morgan fingerprint density at radius 1 is 0.221 bits per heavy atom. The summed E-state index contributed by atoms with van der Waals surface area (Å²) in [5.74, 6) is 1.21. The third-order valence-electron chi connectivity index (χ3n) is 20.5. The third-order valence-corrected chi connectivity index (χ3v) is 20.5. The molecule has 0 amide bonds. The second kappa shape index (κ2) is 24.7. The van der Waals surface area contributed by atoms with Gasteiger partial charge in [-0.3, -0.25) is 0 Å². The molecule has 8 nitrogen and oxygen atoms in total. The quantitative estimate of drug-likeness (QED) is 0.114. The monoisotopic (exact) mass is 1330 g/mol. The van der Waals surface area contributed by atoms with Crippen LogP contribution in [0.2, 0.25) is 0 Å². The summed E-state index contributed by atoms with van der Waals surface area (Å²) >= 11 is 0. The van der Waals surface area contributed by atoms with Crippen molar-refractivity contribution in [2.45, 2.75) is 0 Å². The van der Waals surface area contributed by atoms with Gasteiger partial charge in [-0.25, -0.2) is 19.7 Å². The van der Waals surface area contributed by atoms with Crippen LogP contribution in [0, 0.1) is 0 Å². The number of aromatic nitrogens is 6. The molecule has 0 N–H and O–H groups in total. The molecule has 104 heavy (non-hydrogen) atoms. The van der Waals surface area contributed by atoms with E-state index < -0.39 is 5.63 Å². The maximum Gasteiger partial charge on any atom is 0.337 e. The normalized spacial score (nSPS) is 11.7. The largest absolute Gasteiger partial charge is 0.420 e. The van der Waals surface area contributed by atoms with E-state index in [0.29, 0.717) is 39.7 Å². The Labute approximate surface area is 598 Å². The highest BCUT2D eigenvalue weighted by Crippen LogP contribution is 2.49. The summed E-state index contributed by atoms with van der Waals surface area (Å²) in [6.07, 6.45) is 0. The zero-order valence-corrected chi connectivity index (χ0v) is 56.1. The van der Waals surface area contributed by atoms with Gasteiger partial charge in [0, 0.05) is 55.1 Å². The van der Waals surface area contributed by atoms with Gasteiger partial charge in [-0.2, -0.15) is 0 Å². The number of benzene rings is 15. The smallest absolute Gasteiger partial charge is 0.337 e. The molecule has 0 bridgehead atoms. The lowest BCUT2D eigenvalue weighted by Gasteiger charge is -2.23. The van der Waals surface area contributed by atoms with Crippen LogP contribution in [-0.4, -0.2) is 28.7 Å². The molecule has 0 atom stereocenters. The van der Waals surface area contributed by atoms with Gasteiger partial charge in [0.15, 0.2) is 23.1 Å². The molecule has 15 aromatic carbocycles. The fourth-order valence-corrected chi connectivity index (χ4v) is 15.7. The first-order valence-electron chi connectivity index (χ1n) is 35.1. The standard InChI is InChI=1S/C96H60N6O2/c103-90-59-81(96-98-94(67-37-21-7-22-38-67)97-95(99-96)68-39-23-8-24-40-68)91-88(100-82-47-41-69(61-25-9-1-10-26-61)53-75(82)76-54-70(42-48-83(76)100)62-27-11-2-12-28-62)60-89(101-84-49-43-71(63-29-13-3-14-30-63)55-77(84)78-56-72(44-50-85(78)101)64-31-15-4-16-32-64)92(93(91)104-90)102-86-51-45-73(65-33-17-5-18-34-65)57-79(86)80-58-74(46-52-87(80)102)66-35-19-6-20-36-66/h1-60H. The van der Waals surface area contributed by atoms with Gasteiger partial charge in [0.25, 0.3) is 0 Å². The highest BCUT2D eigenvalue weighted by molar-refractivity contribution is 6.19. The van der Waals surface area contributed by atoms with E-state index in [2.05, 4.69) is 311 Å². The first-order chi connectivity index (χ1) is 51.5. The minimum atomic E-state index is -0.581. The number of fused-ring (bicyclic) bond motifs is 10. The van der Waals surface area contributed by atoms with Crippen LogP contribution in [0.1, 0.15) is 0 Å². The van der Waals surface area contributed by atoms with Gasteiger partial charge in [-0.1, -0.05) is 279 Å². The first kappa shape index (κ1) is 59.9. The summed E-state index contributed by atoms with van der Waals surface area (Å²) < 4.78 is 14.5. The lowest BCUT2D eigenvalue weighted by Crippen LogP contribution is -2.11. The maximum atomic E-state index is 15.9. The summed E-state index contributed by atoms with van der Waals surface area (Å²) in [7, 11) is 0. The molecule has 0 fully saturated rings. The highest BCUT2D eigenvalue weighted by atomic mass is 16.4. The zero-order valence-electron chi connectivity index (χ0n) is 56.1. The van der Waals surface area contributed by atoms with Crippen LogP contribution in [-0.2, 0) is 0 Å². The van der Waals surface area contributed by atoms with E-state index in [9.17, 15) is 0 Å². The zero-order chi connectivity index (χ0) is 68.8. The predicted octanol–water partition coefficient (Wildman–Crippen LogP) is 24.3. The van der Waals surface area contributed by atoms with Gasteiger partial charge in [0.2, 0.25) is 0 Å². The van der Waals surface area contributed by atoms with Crippen LogP contribution < -0.4 is 5.63 Å². The minimum absolute atomic E-state index is 0.301. The number of hydrogen-bond acceptors (Lipinski definition) is 5. The van der Waals surface area contributed by atoms with Crippen molar-refractivity contribution in [3.63, 3.8) is 0 Å². The van der Waals surface area contributed by atoms with Gasteiger partial charge in [0.1, 0.15) is 5.69 Å². The molecular formula is C96H60N6O2. The minimum Gasteiger partial charge on any atom is -0.420 e. The molecule has 5 heterocycles. The summed E-state index contributed by atoms with van der Waals surface area (Å²) in [6.45, 7) is 0. The molecule has 0 aliphatic rings. The van der Waals surface area contributed by atoms with Crippen LogP contribution in [0.5, 0.6) is 0 Å². The van der Waals surface area contributed by atoms with Crippen LogP contribution in [0.3, 0.4) is 0 Å². The second-order valence-electron chi connectivity index (χ2n) is 26.6. The Morgan fingerprint density at radius 3 is 0.760 bits per heavy atom. The van der Waals surface area contributed by atoms with Gasteiger partial charge in [0.05, 0.1) is 49.9 Å². The van der Waals surface area contributed by atoms with Crippen LogP contribution in [0.4, 0.5) is 0 Å². The van der Waals surface area contributed by atoms with E-state index in [1.54, 1.807) is 6.07 Å². The average molecular weight is 1330 g/mol. The van der Waals surface area contributed by atoms with E-state index >= 15 is 4.79 Å². The molecule has 0 saturated heterocycles. The van der Waals surface area contributed by atoms with Crippen molar-refractivity contribution in [1.82, 2.24) is 28.7 Å². The van der Waals surface area contributed by atoms with Crippen LogP contribution >= 0.6 is 0 Å². The first-order valence-corrected chi connectivity index (χ1v) is 35.1. The fraction of sp³-hybridized carbons (Fsp3) is 0. The molecule has 0 aliphatic heterocycles. The molecule has 20 aromatic rings. The van der Waals surface area contributed by atoms with E-state index in [-0.39, 0.29) is 0 Å². The van der Waals surface area contributed by atoms with E-state index in [1.165, 1.54) is 0 Å². The van der Waals surface area contributed by atoms with Crippen molar-refractivity contribution < 1.29 is 4.42 Å². The topological polar surface area (TPSA) is 83.7 Å². The van der Waals surface area contributed by atoms with E-state index in [0.717, 1.165) is 155 Å². The third kappa shape index (κ3) is 10.1. The summed E-state index contributed by atoms with van der Waals surface area (Å²) in [6, 6.07) is 128. The Kier molecular flexibility index (Phi) is 14.2. The number of hydrogen-bond donors (Lipinski definition) is 0. The Balaban J connectivity index is 1.00. The summed E-state index contributed by atoms with van der Waals surface area (Å²) in [5.41, 5.74) is 22.6. The molecular weight excluding hydrogens is 1270 g/mol. The van der Waals surface area contributed by atoms with Gasteiger partial charge >= 0.3 is 5.63 Å². The summed E-state index contributed by atoms with van der Waals surface area (Å²) in [5, 5.41) is 6.84. The second-order valence-corrected chi connectivity index (χ2v) is 26.6. The fourth-order valence-electron chi connectivity index (χ4n) is 15.7. The van der Waals surface area contributed by atoms with Crippen molar-refractivity contribution in [1.29, 1.82) is 0 Å². The molecule has 20 rings (SSSR count). The molecule has 486 valence electrons. The van der Waals surface area contributed by atoms with Crippen molar-refractivity contribution in [3.05, 3.63) is 374 Å². The van der Waals surface area contributed by atoms with Crippen molar-refractivity contribution in [2.24, 2.45) is 0 Å².